The zero-order valence-corrected chi connectivity index (χ0v) is 11.9. The Morgan fingerprint density at radius 2 is 2.05 bits per heavy atom. The second-order valence-corrected chi connectivity index (χ2v) is 4.95. The number of rotatable bonds is 3. The minimum Gasteiger partial charge on any atom is -0.451 e. The second-order valence-electron chi connectivity index (χ2n) is 4.95. The van der Waals surface area contributed by atoms with Crippen LogP contribution in [-0.4, -0.2) is 10.9 Å². The van der Waals surface area contributed by atoms with Gasteiger partial charge in [-0.15, -0.1) is 0 Å². The smallest absolute Gasteiger partial charge is 0.287 e. The fourth-order valence-corrected chi connectivity index (χ4v) is 2.20. The molecule has 3 aromatic rings. The van der Waals surface area contributed by atoms with Crippen molar-refractivity contribution in [1.82, 2.24) is 10.3 Å². The largest absolute Gasteiger partial charge is 0.451 e. The summed E-state index contributed by atoms with van der Waals surface area (Å²) in [6, 6.07) is 11.5. The summed E-state index contributed by atoms with van der Waals surface area (Å²) in [5.41, 5.74) is 1.04. The van der Waals surface area contributed by atoms with Gasteiger partial charge in [0.1, 0.15) is 5.58 Å². The first kappa shape index (κ1) is 14.0. The number of pyridine rings is 1. The maximum atomic E-state index is 12.3. The van der Waals surface area contributed by atoms with E-state index in [0.717, 1.165) is 5.56 Å². The van der Waals surface area contributed by atoms with Crippen LogP contribution in [0.2, 0.25) is 0 Å². The van der Waals surface area contributed by atoms with Gasteiger partial charge in [-0.3, -0.25) is 14.6 Å². The Morgan fingerprint density at radius 3 is 2.82 bits per heavy atom. The Hall–Kier alpha value is -2.95. The first-order valence-electron chi connectivity index (χ1n) is 6.89. The van der Waals surface area contributed by atoms with Crippen LogP contribution >= 0.6 is 0 Å². The number of benzene rings is 1. The number of nitrogens with one attached hydrogen (secondary N) is 1. The van der Waals surface area contributed by atoms with Crippen molar-refractivity contribution in [2.24, 2.45) is 0 Å². The third kappa shape index (κ3) is 2.74. The normalized spacial score (nSPS) is 12.0. The van der Waals surface area contributed by atoms with Gasteiger partial charge in [-0.25, -0.2) is 0 Å². The number of nitrogens with zero attached hydrogens (tertiary/aromatic N) is 1. The van der Waals surface area contributed by atoms with Gasteiger partial charge in [-0.2, -0.15) is 0 Å². The zero-order chi connectivity index (χ0) is 15.5. The molecule has 2 aromatic heterocycles. The van der Waals surface area contributed by atoms with Crippen LogP contribution in [0.4, 0.5) is 0 Å². The molecule has 1 N–H and O–H groups in total. The molecule has 1 unspecified atom stereocenters. The molecule has 3 rings (SSSR count). The maximum absolute atomic E-state index is 12.3. The van der Waals surface area contributed by atoms with Crippen molar-refractivity contribution in [3.63, 3.8) is 0 Å². The average Bonchev–Trinajstić information content (AvgIpc) is 2.55. The van der Waals surface area contributed by atoms with Gasteiger partial charge < -0.3 is 9.73 Å². The highest BCUT2D eigenvalue weighted by molar-refractivity contribution is 5.93. The maximum Gasteiger partial charge on any atom is 0.287 e. The summed E-state index contributed by atoms with van der Waals surface area (Å²) in [6.07, 6.45) is 3.35. The molecule has 1 amide bonds. The van der Waals surface area contributed by atoms with E-state index in [1.54, 1.807) is 42.7 Å². The molecule has 0 bridgehead atoms. The number of amides is 1. The molecular weight excluding hydrogens is 280 g/mol. The van der Waals surface area contributed by atoms with Crippen LogP contribution in [0.1, 0.15) is 29.1 Å². The molecule has 0 saturated carbocycles. The van der Waals surface area contributed by atoms with Gasteiger partial charge in [0, 0.05) is 18.5 Å². The predicted molar refractivity (Wildman–Crippen MR) is 82.6 cm³/mol. The highest BCUT2D eigenvalue weighted by Crippen LogP contribution is 2.14. The Morgan fingerprint density at radius 1 is 1.23 bits per heavy atom. The Balaban J connectivity index is 1.88. The van der Waals surface area contributed by atoms with Crippen molar-refractivity contribution in [3.05, 3.63) is 76.4 Å². The highest BCUT2D eigenvalue weighted by atomic mass is 16.3. The number of hydrogen-bond donors (Lipinski definition) is 1. The minimum atomic E-state index is -0.431. The number of hydrogen-bond acceptors (Lipinski definition) is 4. The van der Waals surface area contributed by atoms with Crippen molar-refractivity contribution in [2.45, 2.75) is 13.0 Å². The van der Waals surface area contributed by atoms with Crippen molar-refractivity contribution >= 4 is 16.9 Å². The van der Waals surface area contributed by atoms with Crippen molar-refractivity contribution < 1.29 is 9.21 Å². The van der Waals surface area contributed by atoms with E-state index >= 15 is 0 Å². The molecule has 0 saturated heterocycles. The lowest BCUT2D eigenvalue weighted by Crippen LogP contribution is -2.27. The summed E-state index contributed by atoms with van der Waals surface area (Å²) < 4.78 is 5.51. The van der Waals surface area contributed by atoms with E-state index in [4.69, 9.17) is 4.42 Å². The molecule has 0 spiro atoms. The SMILES string of the molecule is CC(NC(=O)c1cc(=O)c2ccccc2o1)c1cccnc1. The fourth-order valence-electron chi connectivity index (χ4n) is 2.20. The second kappa shape index (κ2) is 5.81. The third-order valence-electron chi connectivity index (χ3n) is 3.39. The van der Waals surface area contributed by atoms with Crippen LogP contribution in [0.15, 0.2) is 64.1 Å². The summed E-state index contributed by atoms with van der Waals surface area (Å²) in [5.74, 6) is -0.432. The number of carbonyl (C=O) groups excluding carboxylic acids is 1. The van der Waals surface area contributed by atoms with Crippen molar-refractivity contribution in [3.8, 4) is 0 Å². The van der Waals surface area contributed by atoms with Gasteiger partial charge in [0.2, 0.25) is 0 Å². The summed E-state index contributed by atoms with van der Waals surface area (Å²) in [5, 5.41) is 3.25. The molecule has 5 nitrogen and oxygen atoms in total. The fraction of sp³-hybridized carbons (Fsp3) is 0.118. The Labute approximate surface area is 126 Å². The lowest BCUT2D eigenvalue weighted by Gasteiger charge is -2.13. The van der Waals surface area contributed by atoms with Crippen LogP contribution < -0.4 is 10.7 Å². The van der Waals surface area contributed by atoms with Gasteiger partial charge in [-0.1, -0.05) is 18.2 Å². The molecule has 110 valence electrons. The number of aromatic nitrogens is 1. The molecule has 5 heteroatoms. The lowest BCUT2D eigenvalue weighted by atomic mass is 10.1. The lowest BCUT2D eigenvalue weighted by molar-refractivity contribution is 0.0912. The third-order valence-corrected chi connectivity index (χ3v) is 3.39. The van der Waals surface area contributed by atoms with E-state index < -0.39 is 5.91 Å². The van der Waals surface area contributed by atoms with Crippen LogP contribution in [0.25, 0.3) is 11.0 Å². The highest BCUT2D eigenvalue weighted by Gasteiger charge is 2.15. The minimum absolute atomic E-state index is 0.000518. The van der Waals surface area contributed by atoms with E-state index in [0.29, 0.717) is 11.0 Å². The molecule has 1 atom stereocenters. The predicted octanol–water partition coefficient (Wildman–Crippen LogP) is 2.68. The van der Waals surface area contributed by atoms with Crippen molar-refractivity contribution in [2.75, 3.05) is 0 Å². The molecule has 2 heterocycles. The van der Waals surface area contributed by atoms with Gasteiger partial charge >= 0.3 is 0 Å². The van der Waals surface area contributed by atoms with E-state index in [1.165, 1.54) is 6.07 Å². The molecule has 1 aromatic carbocycles. The van der Waals surface area contributed by atoms with Crippen LogP contribution in [-0.2, 0) is 0 Å². The molecule has 0 radical (unpaired) electrons. The monoisotopic (exact) mass is 294 g/mol. The average molecular weight is 294 g/mol. The first-order chi connectivity index (χ1) is 10.6. The Kier molecular flexibility index (Phi) is 3.70. The molecular formula is C17H14N2O3. The van der Waals surface area contributed by atoms with Gasteiger partial charge in [0.15, 0.2) is 11.2 Å². The molecule has 0 fully saturated rings. The first-order valence-corrected chi connectivity index (χ1v) is 6.89. The standard InChI is InChI=1S/C17H14N2O3/c1-11(12-5-4-8-18-10-12)19-17(21)16-9-14(20)13-6-2-3-7-15(13)22-16/h2-11H,1H3,(H,19,21). The van der Waals surface area contributed by atoms with Gasteiger partial charge in [0.25, 0.3) is 5.91 Å². The number of para-hydroxylation sites is 1. The quantitative estimate of drug-likeness (QED) is 0.806. The van der Waals surface area contributed by atoms with Crippen molar-refractivity contribution in [1.29, 1.82) is 0 Å². The van der Waals surface area contributed by atoms with Crippen LogP contribution in [0.3, 0.4) is 0 Å². The molecule has 0 aliphatic carbocycles. The summed E-state index contributed by atoms with van der Waals surface area (Å²) >= 11 is 0. The molecule has 0 aliphatic heterocycles. The van der Waals surface area contributed by atoms with E-state index in [-0.39, 0.29) is 17.2 Å². The van der Waals surface area contributed by atoms with Crippen LogP contribution in [0.5, 0.6) is 0 Å². The number of carbonyl (C=O) groups is 1. The number of fused-ring (bicyclic) bond motifs is 1. The zero-order valence-electron chi connectivity index (χ0n) is 11.9. The van der Waals surface area contributed by atoms with Gasteiger partial charge in [0.05, 0.1) is 11.4 Å². The van der Waals surface area contributed by atoms with E-state index in [2.05, 4.69) is 10.3 Å². The van der Waals surface area contributed by atoms with Crippen LogP contribution in [0, 0.1) is 0 Å². The van der Waals surface area contributed by atoms with E-state index in [9.17, 15) is 9.59 Å². The topological polar surface area (TPSA) is 72.2 Å². The summed E-state index contributed by atoms with van der Waals surface area (Å²) in [6.45, 7) is 1.84. The van der Waals surface area contributed by atoms with E-state index in [1.807, 2.05) is 13.0 Å². The summed E-state index contributed by atoms with van der Waals surface area (Å²) in [4.78, 5) is 28.3. The Bertz CT molecular complexity index is 872. The molecule has 22 heavy (non-hydrogen) atoms. The summed E-state index contributed by atoms with van der Waals surface area (Å²) in [7, 11) is 0. The molecule has 0 aliphatic rings. The van der Waals surface area contributed by atoms with Gasteiger partial charge in [-0.05, 0) is 30.7 Å².